The molecule has 4 rings (SSSR count). The van der Waals surface area contributed by atoms with E-state index in [2.05, 4.69) is 5.32 Å². The number of amides is 2. The number of hydrogen-bond acceptors (Lipinski definition) is 4. The third-order valence-electron chi connectivity index (χ3n) is 7.68. The summed E-state index contributed by atoms with van der Waals surface area (Å²) in [6.07, 6.45) is 4.51. The summed E-state index contributed by atoms with van der Waals surface area (Å²) in [6, 6.07) is 20.5. The molecule has 1 unspecified atom stereocenters. The second-order valence-electron chi connectivity index (χ2n) is 10.7. The maximum absolute atomic E-state index is 14.0. The van der Waals surface area contributed by atoms with Gasteiger partial charge < -0.3 is 10.2 Å². The standard InChI is InChI=1S/C32H38ClN3O4S/c1-23-13-17-29(18-14-23)41(39,40)36(28-16-15-24(2)30(33)21-28)22-31(37)35(20-19-26-9-5-4-6-10-26)25(3)32(38)34-27-11-7-8-12-27/h4-6,9-10,13-18,21,25,27H,7-8,11-12,19-20,22H2,1-3H3,(H,34,38). The van der Waals surface area contributed by atoms with Crippen molar-refractivity contribution in [2.75, 3.05) is 17.4 Å². The van der Waals surface area contributed by atoms with Gasteiger partial charge in [0.2, 0.25) is 11.8 Å². The lowest BCUT2D eigenvalue weighted by atomic mass is 10.1. The average molecular weight is 596 g/mol. The van der Waals surface area contributed by atoms with Crippen LogP contribution in [0.25, 0.3) is 0 Å². The summed E-state index contributed by atoms with van der Waals surface area (Å²) in [5.41, 5.74) is 3.00. The first-order valence-electron chi connectivity index (χ1n) is 14.1. The molecule has 7 nitrogen and oxygen atoms in total. The maximum Gasteiger partial charge on any atom is 0.264 e. The number of carbonyl (C=O) groups is 2. The summed E-state index contributed by atoms with van der Waals surface area (Å²) >= 11 is 6.39. The van der Waals surface area contributed by atoms with Crippen LogP contribution in [0.1, 0.15) is 49.3 Å². The zero-order valence-electron chi connectivity index (χ0n) is 23.8. The predicted molar refractivity (Wildman–Crippen MR) is 164 cm³/mol. The fraction of sp³-hybridized carbons (Fsp3) is 0.375. The van der Waals surface area contributed by atoms with Gasteiger partial charge in [0.25, 0.3) is 10.0 Å². The van der Waals surface area contributed by atoms with E-state index in [1.54, 1.807) is 37.3 Å². The molecule has 2 amide bonds. The van der Waals surface area contributed by atoms with E-state index < -0.39 is 28.5 Å². The number of rotatable bonds is 11. The summed E-state index contributed by atoms with van der Waals surface area (Å²) in [5, 5.41) is 3.48. The first-order valence-corrected chi connectivity index (χ1v) is 15.9. The molecule has 218 valence electrons. The van der Waals surface area contributed by atoms with Crippen molar-refractivity contribution in [3.8, 4) is 0 Å². The smallest absolute Gasteiger partial charge is 0.264 e. The Morgan fingerprint density at radius 2 is 1.63 bits per heavy atom. The van der Waals surface area contributed by atoms with Crippen LogP contribution in [-0.4, -0.2) is 50.3 Å². The third-order valence-corrected chi connectivity index (χ3v) is 9.88. The van der Waals surface area contributed by atoms with Crippen molar-refractivity contribution >= 4 is 39.1 Å². The van der Waals surface area contributed by atoms with E-state index in [-0.39, 0.29) is 29.1 Å². The molecule has 0 aliphatic heterocycles. The van der Waals surface area contributed by atoms with Crippen LogP contribution >= 0.6 is 11.6 Å². The predicted octanol–water partition coefficient (Wildman–Crippen LogP) is 5.67. The van der Waals surface area contributed by atoms with E-state index in [1.165, 1.54) is 17.0 Å². The lowest BCUT2D eigenvalue weighted by molar-refractivity contribution is -0.139. The van der Waals surface area contributed by atoms with Gasteiger partial charge in [0.15, 0.2) is 0 Å². The van der Waals surface area contributed by atoms with Crippen molar-refractivity contribution in [1.29, 1.82) is 0 Å². The molecule has 0 bridgehead atoms. The minimum atomic E-state index is -4.13. The monoisotopic (exact) mass is 595 g/mol. The molecule has 1 saturated carbocycles. The normalized spacial score (nSPS) is 14.4. The van der Waals surface area contributed by atoms with E-state index in [4.69, 9.17) is 11.6 Å². The molecule has 1 aliphatic carbocycles. The Balaban J connectivity index is 1.66. The molecule has 0 spiro atoms. The van der Waals surface area contributed by atoms with Gasteiger partial charge >= 0.3 is 0 Å². The molecule has 1 N–H and O–H groups in total. The Morgan fingerprint density at radius 3 is 2.27 bits per heavy atom. The van der Waals surface area contributed by atoms with E-state index in [0.29, 0.717) is 11.4 Å². The molecule has 9 heteroatoms. The first-order chi connectivity index (χ1) is 19.6. The highest BCUT2D eigenvalue weighted by atomic mass is 35.5. The largest absolute Gasteiger partial charge is 0.352 e. The number of hydrogen-bond donors (Lipinski definition) is 1. The fourth-order valence-electron chi connectivity index (χ4n) is 5.07. The zero-order chi connectivity index (χ0) is 29.6. The summed E-state index contributed by atoms with van der Waals surface area (Å²) < 4.78 is 29.0. The van der Waals surface area contributed by atoms with Crippen molar-refractivity contribution in [1.82, 2.24) is 10.2 Å². The topological polar surface area (TPSA) is 86.8 Å². The maximum atomic E-state index is 14.0. The lowest BCUT2D eigenvalue weighted by Gasteiger charge is -2.32. The Labute approximate surface area is 248 Å². The zero-order valence-corrected chi connectivity index (χ0v) is 25.4. The van der Waals surface area contributed by atoms with Gasteiger partial charge in [-0.1, -0.05) is 78.5 Å². The molecule has 1 aliphatic rings. The van der Waals surface area contributed by atoms with Crippen molar-refractivity contribution in [3.63, 3.8) is 0 Å². The molecule has 41 heavy (non-hydrogen) atoms. The van der Waals surface area contributed by atoms with Crippen molar-refractivity contribution < 1.29 is 18.0 Å². The number of nitrogens with one attached hydrogen (secondary N) is 1. The van der Waals surface area contributed by atoms with Gasteiger partial charge in [-0.15, -0.1) is 0 Å². The van der Waals surface area contributed by atoms with Crippen LogP contribution in [0.2, 0.25) is 5.02 Å². The lowest BCUT2D eigenvalue weighted by Crippen LogP contribution is -2.53. The Morgan fingerprint density at radius 1 is 0.976 bits per heavy atom. The van der Waals surface area contributed by atoms with Gasteiger partial charge in [-0.05, 0) is 75.4 Å². The van der Waals surface area contributed by atoms with Crippen LogP contribution in [0.3, 0.4) is 0 Å². The molecule has 1 fully saturated rings. The molecule has 1 atom stereocenters. The number of nitrogens with zero attached hydrogens (tertiary/aromatic N) is 2. The Kier molecular flexibility index (Phi) is 10.1. The van der Waals surface area contributed by atoms with Gasteiger partial charge in [-0.3, -0.25) is 13.9 Å². The Bertz CT molecular complexity index is 1460. The van der Waals surface area contributed by atoms with E-state index >= 15 is 0 Å². The van der Waals surface area contributed by atoms with Gasteiger partial charge in [0, 0.05) is 17.6 Å². The van der Waals surface area contributed by atoms with Crippen LogP contribution < -0.4 is 9.62 Å². The second-order valence-corrected chi connectivity index (χ2v) is 13.0. The number of sulfonamides is 1. The SMILES string of the molecule is Cc1ccc(S(=O)(=O)N(CC(=O)N(CCc2ccccc2)C(C)C(=O)NC2CCCC2)c2ccc(C)c(Cl)c2)cc1. The van der Waals surface area contributed by atoms with Crippen molar-refractivity contribution in [3.05, 3.63) is 94.5 Å². The van der Waals surface area contributed by atoms with Crippen molar-refractivity contribution in [2.45, 2.75) is 69.9 Å². The third kappa shape index (κ3) is 7.68. The summed E-state index contributed by atoms with van der Waals surface area (Å²) in [6.45, 7) is 5.18. The Hall–Kier alpha value is -3.36. The van der Waals surface area contributed by atoms with E-state index in [1.807, 2.05) is 44.2 Å². The number of halogens is 1. The minimum absolute atomic E-state index is 0.0652. The van der Waals surface area contributed by atoms with Crippen LogP contribution in [0.15, 0.2) is 77.7 Å². The van der Waals surface area contributed by atoms with Crippen LogP contribution in [0, 0.1) is 13.8 Å². The molecule has 0 radical (unpaired) electrons. The average Bonchev–Trinajstić information content (AvgIpc) is 3.47. The molecule has 0 aromatic heterocycles. The molecule has 0 heterocycles. The quantitative estimate of drug-likeness (QED) is 0.309. The summed E-state index contributed by atoms with van der Waals surface area (Å²) in [5.74, 6) is -0.702. The van der Waals surface area contributed by atoms with Gasteiger partial charge in [0.1, 0.15) is 12.6 Å². The molecular formula is C32H38ClN3O4S. The highest BCUT2D eigenvalue weighted by Gasteiger charge is 2.33. The van der Waals surface area contributed by atoms with Crippen LogP contribution in [0.4, 0.5) is 5.69 Å². The highest BCUT2D eigenvalue weighted by Crippen LogP contribution is 2.29. The van der Waals surface area contributed by atoms with E-state index in [9.17, 15) is 18.0 Å². The molecule has 0 saturated heterocycles. The summed E-state index contributed by atoms with van der Waals surface area (Å²) in [7, 11) is -4.13. The highest BCUT2D eigenvalue weighted by molar-refractivity contribution is 7.92. The molecule has 3 aromatic rings. The van der Waals surface area contributed by atoms with Crippen LogP contribution in [0.5, 0.6) is 0 Å². The first kappa shape index (κ1) is 30.6. The second kappa shape index (κ2) is 13.5. The number of aryl methyl sites for hydroxylation is 2. The minimum Gasteiger partial charge on any atom is -0.352 e. The van der Waals surface area contributed by atoms with Gasteiger partial charge in [-0.25, -0.2) is 8.42 Å². The fourth-order valence-corrected chi connectivity index (χ4v) is 6.65. The van der Waals surface area contributed by atoms with Gasteiger partial charge in [-0.2, -0.15) is 0 Å². The van der Waals surface area contributed by atoms with Crippen LogP contribution in [-0.2, 0) is 26.0 Å². The number of benzene rings is 3. The molecule has 3 aromatic carbocycles. The summed E-state index contributed by atoms with van der Waals surface area (Å²) in [4.78, 5) is 28.9. The van der Waals surface area contributed by atoms with Gasteiger partial charge in [0.05, 0.1) is 10.6 Å². The number of carbonyl (C=O) groups excluding carboxylic acids is 2. The number of anilines is 1. The van der Waals surface area contributed by atoms with E-state index in [0.717, 1.165) is 46.7 Å². The molecular weight excluding hydrogens is 558 g/mol. The van der Waals surface area contributed by atoms with Crippen molar-refractivity contribution in [2.24, 2.45) is 0 Å².